The maximum Gasteiger partial charge on any atom is 0.125 e. The number of halogens is 1. The molecule has 0 atom stereocenters. The van der Waals surface area contributed by atoms with Crippen molar-refractivity contribution in [3.05, 3.63) is 53.7 Å². The number of hydrogen-bond acceptors (Lipinski definition) is 3. The fraction of sp³-hybridized carbons (Fsp3) is 0.375. The topological polar surface area (TPSA) is 28.4 Å². The van der Waals surface area contributed by atoms with Crippen molar-refractivity contribution in [3.63, 3.8) is 0 Å². The van der Waals surface area contributed by atoms with Gasteiger partial charge in [-0.15, -0.1) is 0 Å². The largest absolute Gasteiger partial charge is 0.467 e. The highest BCUT2D eigenvalue weighted by Gasteiger charge is 2.09. The molecule has 1 aromatic carbocycles. The Bertz CT molecular complexity index is 525. The lowest BCUT2D eigenvalue weighted by molar-refractivity contribution is 0.503. The summed E-state index contributed by atoms with van der Waals surface area (Å²) in [6.07, 6.45) is 1.66. The second kappa shape index (κ2) is 7.10. The average molecular weight is 276 g/mol. The van der Waals surface area contributed by atoms with Crippen molar-refractivity contribution in [3.8, 4) is 0 Å². The van der Waals surface area contributed by atoms with Gasteiger partial charge in [0.2, 0.25) is 0 Å². The Labute approximate surface area is 119 Å². The molecular weight excluding hydrogens is 255 g/mol. The lowest BCUT2D eigenvalue weighted by atomic mass is 10.1. The van der Waals surface area contributed by atoms with Crippen LogP contribution in [0.15, 0.2) is 41.0 Å². The van der Waals surface area contributed by atoms with Gasteiger partial charge in [0.25, 0.3) is 0 Å². The number of nitrogens with one attached hydrogen (secondary N) is 1. The van der Waals surface area contributed by atoms with Gasteiger partial charge < -0.3 is 14.6 Å². The normalized spacial score (nSPS) is 10.8. The van der Waals surface area contributed by atoms with Crippen molar-refractivity contribution in [1.29, 1.82) is 0 Å². The molecule has 20 heavy (non-hydrogen) atoms. The minimum Gasteiger partial charge on any atom is -0.467 e. The van der Waals surface area contributed by atoms with Crippen LogP contribution in [0.3, 0.4) is 0 Å². The molecule has 0 amide bonds. The fourth-order valence-corrected chi connectivity index (χ4v) is 2.16. The first kappa shape index (κ1) is 14.6. The lowest BCUT2D eigenvalue weighted by Gasteiger charge is -2.22. The molecule has 0 unspecified atom stereocenters. The van der Waals surface area contributed by atoms with Gasteiger partial charge in [-0.1, -0.05) is 6.92 Å². The smallest absolute Gasteiger partial charge is 0.125 e. The molecule has 0 aliphatic heterocycles. The van der Waals surface area contributed by atoms with Crippen LogP contribution in [0.4, 0.5) is 10.1 Å². The first-order chi connectivity index (χ1) is 9.72. The average Bonchev–Trinajstić information content (AvgIpc) is 2.95. The van der Waals surface area contributed by atoms with Gasteiger partial charge in [-0.2, -0.15) is 0 Å². The number of anilines is 1. The summed E-state index contributed by atoms with van der Waals surface area (Å²) in [5.74, 6) is 0.678. The van der Waals surface area contributed by atoms with Crippen molar-refractivity contribution < 1.29 is 8.81 Å². The highest BCUT2D eigenvalue weighted by molar-refractivity contribution is 5.49. The molecule has 1 aromatic heterocycles. The van der Waals surface area contributed by atoms with Crippen molar-refractivity contribution in [2.24, 2.45) is 0 Å². The van der Waals surface area contributed by atoms with Crippen LogP contribution in [0.25, 0.3) is 0 Å². The third-order valence-corrected chi connectivity index (χ3v) is 3.20. The molecule has 3 nitrogen and oxygen atoms in total. The molecule has 0 aliphatic rings. The third-order valence-electron chi connectivity index (χ3n) is 3.20. The van der Waals surface area contributed by atoms with Crippen LogP contribution in [0.1, 0.15) is 25.2 Å². The summed E-state index contributed by atoms with van der Waals surface area (Å²) in [5, 5.41) is 3.22. The Hall–Kier alpha value is -1.81. The van der Waals surface area contributed by atoms with Gasteiger partial charge in [0.15, 0.2) is 0 Å². The minimum absolute atomic E-state index is 0.201. The zero-order valence-electron chi connectivity index (χ0n) is 12.0. The third kappa shape index (κ3) is 3.84. The van der Waals surface area contributed by atoms with E-state index < -0.39 is 0 Å². The zero-order valence-corrected chi connectivity index (χ0v) is 12.0. The molecule has 0 aliphatic carbocycles. The van der Waals surface area contributed by atoms with Crippen LogP contribution < -0.4 is 10.2 Å². The Morgan fingerprint density at radius 2 is 2.10 bits per heavy atom. The molecule has 1 N–H and O–H groups in total. The van der Waals surface area contributed by atoms with Crippen molar-refractivity contribution in [2.45, 2.75) is 26.9 Å². The quantitative estimate of drug-likeness (QED) is 0.838. The summed E-state index contributed by atoms with van der Waals surface area (Å²) in [6, 6.07) is 8.97. The molecule has 2 rings (SSSR count). The van der Waals surface area contributed by atoms with Gasteiger partial charge in [-0.25, -0.2) is 4.39 Å². The number of nitrogens with zero attached hydrogens (tertiary/aromatic N) is 1. The molecule has 0 spiro atoms. The molecular formula is C16H21FN2O. The Morgan fingerprint density at radius 1 is 1.25 bits per heavy atom. The summed E-state index contributed by atoms with van der Waals surface area (Å²) in [5.41, 5.74) is 1.84. The fourth-order valence-electron chi connectivity index (χ4n) is 2.16. The van der Waals surface area contributed by atoms with E-state index >= 15 is 0 Å². The Balaban J connectivity index is 2.17. The molecule has 108 valence electrons. The van der Waals surface area contributed by atoms with Gasteiger partial charge >= 0.3 is 0 Å². The monoisotopic (exact) mass is 276 g/mol. The molecule has 0 bridgehead atoms. The van der Waals surface area contributed by atoms with E-state index in [1.165, 1.54) is 0 Å². The van der Waals surface area contributed by atoms with E-state index in [2.05, 4.69) is 17.1 Å². The summed E-state index contributed by atoms with van der Waals surface area (Å²) < 4.78 is 19.1. The predicted molar refractivity (Wildman–Crippen MR) is 79.2 cm³/mol. The summed E-state index contributed by atoms with van der Waals surface area (Å²) in [6.45, 7) is 7.08. The number of hydrogen-bond donors (Lipinski definition) is 1. The molecule has 0 saturated carbocycles. The molecule has 0 saturated heterocycles. The van der Waals surface area contributed by atoms with Crippen molar-refractivity contribution >= 4 is 5.69 Å². The molecule has 0 radical (unpaired) electrons. The van der Waals surface area contributed by atoms with Crippen LogP contribution in [0.2, 0.25) is 0 Å². The summed E-state index contributed by atoms with van der Waals surface area (Å²) in [4.78, 5) is 2.09. The molecule has 1 heterocycles. The second-order valence-electron chi connectivity index (χ2n) is 4.69. The van der Waals surface area contributed by atoms with Gasteiger partial charge in [0, 0.05) is 18.8 Å². The van der Waals surface area contributed by atoms with Crippen LogP contribution in [0, 0.1) is 5.82 Å². The summed E-state index contributed by atoms with van der Waals surface area (Å²) in [7, 11) is 0. The van der Waals surface area contributed by atoms with E-state index in [1.54, 1.807) is 18.4 Å². The lowest BCUT2D eigenvalue weighted by Crippen LogP contribution is -2.22. The van der Waals surface area contributed by atoms with Crippen LogP contribution in [-0.2, 0) is 13.1 Å². The highest BCUT2D eigenvalue weighted by atomic mass is 19.1. The van der Waals surface area contributed by atoms with Crippen LogP contribution in [0.5, 0.6) is 0 Å². The molecule has 0 fully saturated rings. The van der Waals surface area contributed by atoms with E-state index in [9.17, 15) is 4.39 Å². The van der Waals surface area contributed by atoms with E-state index in [-0.39, 0.29) is 5.82 Å². The van der Waals surface area contributed by atoms with Gasteiger partial charge in [-0.3, -0.25) is 0 Å². The van der Waals surface area contributed by atoms with E-state index in [1.807, 2.05) is 25.1 Å². The number of benzene rings is 1. The minimum atomic E-state index is -0.201. The molecule has 2 aromatic rings. The highest BCUT2D eigenvalue weighted by Crippen LogP contribution is 2.21. The zero-order chi connectivity index (χ0) is 14.4. The molecule has 4 heteroatoms. The first-order valence-electron chi connectivity index (χ1n) is 7.00. The summed E-state index contributed by atoms with van der Waals surface area (Å²) >= 11 is 0. The van der Waals surface area contributed by atoms with Crippen LogP contribution >= 0.6 is 0 Å². The Morgan fingerprint density at radius 3 is 2.75 bits per heavy atom. The standard InChI is InChI=1S/C16H21FN2O/c1-3-18-11-13-8-14(17)10-15(9-13)19(4-2)12-16-6-5-7-20-16/h5-10,18H,3-4,11-12H2,1-2H3. The van der Waals surface area contributed by atoms with Crippen molar-refractivity contribution in [1.82, 2.24) is 5.32 Å². The van der Waals surface area contributed by atoms with Gasteiger partial charge in [-0.05, 0) is 49.4 Å². The van der Waals surface area contributed by atoms with Crippen LogP contribution in [-0.4, -0.2) is 13.1 Å². The first-order valence-corrected chi connectivity index (χ1v) is 7.00. The van der Waals surface area contributed by atoms with Crippen molar-refractivity contribution in [2.75, 3.05) is 18.0 Å². The van der Waals surface area contributed by atoms with E-state index in [0.717, 1.165) is 30.1 Å². The number of furan rings is 1. The Kier molecular flexibility index (Phi) is 5.18. The van der Waals surface area contributed by atoms with E-state index in [0.29, 0.717) is 13.1 Å². The predicted octanol–water partition coefficient (Wildman–Crippen LogP) is 3.55. The number of rotatable bonds is 7. The maximum absolute atomic E-state index is 13.8. The van der Waals surface area contributed by atoms with Gasteiger partial charge in [0.1, 0.15) is 11.6 Å². The second-order valence-corrected chi connectivity index (χ2v) is 4.69. The maximum atomic E-state index is 13.8. The van der Waals surface area contributed by atoms with Gasteiger partial charge in [0.05, 0.1) is 12.8 Å². The SMILES string of the molecule is CCNCc1cc(F)cc(N(CC)Cc2ccco2)c1. The van der Waals surface area contributed by atoms with E-state index in [4.69, 9.17) is 4.42 Å².